The van der Waals surface area contributed by atoms with Crippen LogP contribution in [-0.2, 0) is 4.79 Å². The van der Waals surface area contributed by atoms with Crippen LogP contribution >= 0.6 is 0 Å². The van der Waals surface area contributed by atoms with E-state index in [0.717, 1.165) is 12.1 Å². The molecule has 152 valence electrons. The van der Waals surface area contributed by atoms with Crippen LogP contribution in [0.15, 0.2) is 30.3 Å². The molecule has 2 aromatic rings. The van der Waals surface area contributed by atoms with Crippen molar-refractivity contribution in [2.45, 2.75) is 13.0 Å². The maximum Gasteiger partial charge on any atom is 0.262 e. The van der Waals surface area contributed by atoms with E-state index >= 15 is 0 Å². The summed E-state index contributed by atoms with van der Waals surface area (Å²) in [5.41, 5.74) is 0.0547. The molecule has 2 aliphatic rings. The highest BCUT2D eigenvalue weighted by Crippen LogP contribution is 2.33. The molecule has 0 spiro atoms. The van der Waals surface area contributed by atoms with Gasteiger partial charge in [0.2, 0.25) is 5.82 Å². The molecule has 9 heteroatoms. The lowest BCUT2D eigenvalue weighted by atomic mass is 9.93. The molecule has 0 bridgehead atoms. The number of amides is 2. The first-order chi connectivity index (χ1) is 13.8. The van der Waals surface area contributed by atoms with Crippen molar-refractivity contribution in [2.75, 3.05) is 25.0 Å². The number of rotatable bonds is 4. The average molecular weight is 406 g/mol. The van der Waals surface area contributed by atoms with Crippen LogP contribution in [0, 0.1) is 23.4 Å². The lowest BCUT2D eigenvalue weighted by molar-refractivity contribution is -0.118. The van der Waals surface area contributed by atoms with E-state index in [1.807, 2.05) is 0 Å². The zero-order valence-electron chi connectivity index (χ0n) is 15.4. The Hall–Kier alpha value is -3.23. The van der Waals surface area contributed by atoms with Gasteiger partial charge < -0.3 is 19.7 Å². The summed E-state index contributed by atoms with van der Waals surface area (Å²) in [5, 5.41) is 2.53. The number of anilines is 1. The molecule has 0 saturated carbocycles. The summed E-state index contributed by atoms with van der Waals surface area (Å²) >= 11 is 0. The van der Waals surface area contributed by atoms with Crippen LogP contribution in [0.5, 0.6) is 11.5 Å². The molecule has 2 aromatic carbocycles. The van der Waals surface area contributed by atoms with Crippen molar-refractivity contribution in [1.82, 2.24) is 4.90 Å². The number of halogens is 3. The number of hydrogen-bond donors (Lipinski definition) is 1. The molecule has 2 aliphatic heterocycles. The van der Waals surface area contributed by atoms with Gasteiger partial charge in [0.15, 0.2) is 18.2 Å². The molecule has 29 heavy (non-hydrogen) atoms. The first-order valence-electron chi connectivity index (χ1n) is 8.99. The Morgan fingerprint density at radius 2 is 2.00 bits per heavy atom. The summed E-state index contributed by atoms with van der Waals surface area (Å²) in [6, 6.07) is 5.99. The topological polar surface area (TPSA) is 67.9 Å². The highest BCUT2D eigenvalue weighted by atomic mass is 19.2. The molecule has 4 rings (SSSR count). The second-order valence-corrected chi connectivity index (χ2v) is 7.01. The Balaban J connectivity index is 1.41. The molecule has 1 N–H and O–H groups in total. The largest absolute Gasteiger partial charge is 0.487 e. The number of ether oxygens (including phenoxy) is 2. The van der Waals surface area contributed by atoms with E-state index in [-0.39, 0.29) is 54.3 Å². The van der Waals surface area contributed by atoms with E-state index < -0.39 is 29.5 Å². The molecule has 1 fully saturated rings. The Bertz CT molecular complexity index is 992. The molecule has 0 aromatic heterocycles. The Morgan fingerprint density at radius 3 is 2.76 bits per heavy atom. The molecule has 0 radical (unpaired) electrons. The SMILES string of the molecule is CC(Oc1cccc(F)c1F)C1CN(C(=O)c2cc3c(cc2F)OCC(=O)N3)C1. The molecule has 2 amide bonds. The molecule has 6 nitrogen and oxygen atoms in total. The second-order valence-electron chi connectivity index (χ2n) is 7.01. The molecular weight excluding hydrogens is 389 g/mol. The Labute approximate surface area is 164 Å². The van der Waals surface area contributed by atoms with Gasteiger partial charge >= 0.3 is 0 Å². The number of likely N-dealkylation sites (tertiary alicyclic amines) is 1. The number of carbonyl (C=O) groups excluding carboxylic acids is 2. The van der Waals surface area contributed by atoms with Crippen molar-refractivity contribution in [3.63, 3.8) is 0 Å². The average Bonchev–Trinajstić information content (AvgIpc) is 2.64. The van der Waals surface area contributed by atoms with Crippen LogP contribution in [0.2, 0.25) is 0 Å². The Kier molecular flexibility index (Phi) is 4.81. The van der Waals surface area contributed by atoms with E-state index in [2.05, 4.69) is 5.32 Å². The van der Waals surface area contributed by atoms with Crippen LogP contribution in [0.4, 0.5) is 18.9 Å². The minimum Gasteiger partial charge on any atom is -0.487 e. The quantitative estimate of drug-likeness (QED) is 0.848. The number of nitrogens with zero attached hydrogens (tertiary/aromatic N) is 1. The van der Waals surface area contributed by atoms with Gasteiger partial charge in [0.25, 0.3) is 11.8 Å². The number of fused-ring (bicyclic) bond motifs is 1. The maximum atomic E-state index is 14.3. The third-order valence-corrected chi connectivity index (χ3v) is 5.02. The summed E-state index contributed by atoms with van der Waals surface area (Å²) in [6.45, 7) is 2.03. The van der Waals surface area contributed by atoms with Gasteiger partial charge in [-0.05, 0) is 25.1 Å². The van der Waals surface area contributed by atoms with Crippen LogP contribution < -0.4 is 14.8 Å². The minimum atomic E-state index is -1.06. The fourth-order valence-corrected chi connectivity index (χ4v) is 3.28. The van der Waals surface area contributed by atoms with Gasteiger partial charge in [-0.1, -0.05) is 6.07 Å². The van der Waals surface area contributed by atoms with Gasteiger partial charge in [-0.15, -0.1) is 0 Å². The molecular formula is C20H17F3N2O4. The predicted molar refractivity (Wildman–Crippen MR) is 96.4 cm³/mol. The third-order valence-electron chi connectivity index (χ3n) is 5.02. The van der Waals surface area contributed by atoms with Crippen LogP contribution in [0.3, 0.4) is 0 Å². The molecule has 2 heterocycles. The van der Waals surface area contributed by atoms with Gasteiger partial charge in [-0.3, -0.25) is 9.59 Å². The molecule has 1 atom stereocenters. The summed E-state index contributed by atoms with van der Waals surface area (Å²) in [4.78, 5) is 25.5. The van der Waals surface area contributed by atoms with Crippen LogP contribution in [0.25, 0.3) is 0 Å². The zero-order chi connectivity index (χ0) is 20.7. The van der Waals surface area contributed by atoms with E-state index in [0.29, 0.717) is 0 Å². The first-order valence-corrected chi connectivity index (χ1v) is 8.99. The lowest BCUT2D eigenvalue weighted by Crippen LogP contribution is -2.55. The highest BCUT2D eigenvalue weighted by molar-refractivity contribution is 6.00. The van der Waals surface area contributed by atoms with Gasteiger partial charge in [0.1, 0.15) is 17.7 Å². The van der Waals surface area contributed by atoms with Crippen molar-refractivity contribution < 1.29 is 32.2 Å². The van der Waals surface area contributed by atoms with Gasteiger partial charge in [0.05, 0.1) is 11.3 Å². The predicted octanol–water partition coefficient (Wildman–Crippen LogP) is 2.97. The van der Waals surface area contributed by atoms with Crippen molar-refractivity contribution in [2.24, 2.45) is 5.92 Å². The summed E-state index contributed by atoms with van der Waals surface area (Å²) in [6.07, 6.45) is -0.476. The van der Waals surface area contributed by atoms with E-state index in [1.165, 1.54) is 23.1 Å². The smallest absolute Gasteiger partial charge is 0.262 e. The van der Waals surface area contributed by atoms with Gasteiger partial charge in [0, 0.05) is 25.1 Å². The van der Waals surface area contributed by atoms with Gasteiger partial charge in [-0.2, -0.15) is 4.39 Å². The van der Waals surface area contributed by atoms with Crippen LogP contribution in [-0.4, -0.2) is 42.5 Å². The van der Waals surface area contributed by atoms with Crippen LogP contribution in [0.1, 0.15) is 17.3 Å². The molecule has 0 aliphatic carbocycles. The fourth-order valence-electron chi connectivity index (χ4n) is 3.28. The van der Waals surface area contributed by atoms with Crippen molar-refractivity contribution >= 4 is 17.5 Å². The minimum absolute atomic E-state index is 0.120. The van der Waals surface area contributed by atoms with E-state index in [4.69, 9.17) is 9.47 Å². The maximum absolute atomic E-state index is 14.3. The highest BCUT2D eigenvalue weighted by Gasteiger charge is 2.37. The van der Waals surface area contributed by atoms with Gasteiger partial charge in [-0.25, -0.2) is 8.78 Å². The lowest BCUT2D eigenvalue weighted by Gasteiger charge is -2.42. The summed E-state index contributed by atoms with van der Waals surface area (Å²) < 4.78 is 52.0. The molecule has 1 unspecified atom stereocenters. The number of nitrogens with one attached hydrogen (secondary N) is 1. The monoisotopic (exact) mass is 406 g/mol. The first kappa shape index (κ1) is 19.1. The second kappa shape index (κ2) is 7.31. The Morgan fingerprint density at radius 1 is 1.24 bits per heavy atom. The van der Waals surface area contributed by atoms with E-state index in [9.17, 15) is 22.8 Å². The number of carbonyl (C=O) groups is 2. The van der Waals surface area contributed by atoms with Crippen molar-refractivity contribution in [3.8, 4) is 11.5 Å². The van der Waals surface area contributed by atoms with Crippen molar-refractivity contribution in [1.29, 1.82) is 0 Å². The fraction of sp³-hybridized carbons (Fsp3) is 0.300. The third kappa shape index (κ3) is 3.59. The number of hydrogen-bond acceptors (Lipinski definition) is 4. The van der Waals surface area contributed by atoms with E-state index in [1.54, 1.807) is 6.92 Å². The number of benzene rings is 2. The van der Waals surface area contributed by atoms with Crippen molar-refractivity contribution in [3.05, 3.63) is 53.3 Å². The summed E-state index contributed by atoms with van der Waals surface area (Å²) in [7, 11) is 0. The normalized spacial score (nSPS) is 17.0. The zero-order valence-corrected chi connectivity index (χ0v) is 15.4. The summed E-state index contributed by atoms with van der Waals surface area (Å²) in [5.74, 6) is -3.89. The standard InChI is InChI=1S/C20H17F3N2O4/c1-10(29-16-4-2-3-13(21)19(16)23)11-7-25(8-11)20(27)12-5-15-17(6-14(12)22)28-9-18(26)24-15/h2-6,10-11H,7-9H2,1H3,(H,24,26). The molecule has 1 saturated heterocycles.